The highest BCUT2D eigenvalue weighted by Crippen LogP contribution is 2.13. The highest BCUT2D eigenvalue weighted by atomic mass is 16.4. The number of hydrogen-bond donors (Lipinski definition) is 3. The lowest BCUT2D eigenvalue weighted by molar-refractivity contribution is -0.137. The van der Waals surface area contributed by atoms with Crippen LogP contribution in [0.2, 0.25) is 0 Å². The third-order valence-corrected chi connectivity index (χ3v) is 3.00. The van der Waals surface area contributed by atoms with E-state index in [4.69, 9.17) is 10.8 Å². The van der Waals surface area contributed by atoms with Crippen LogP contribution in [0.3, 0.4) is 0 Å². The van der Waals surface area contributed by atoms with Crippen molar-refractivity contribution in [3.05, 3.63) is 0 Å². The Morgan fingerprint density at radius 3 is 3.06 bits per heavy atom. The molecule has 0 saturated carbocycles. The molecular weight excluding hydrogens is 206 g/mol. The van der Waals surface area contributed by atoms with Crippen molar-refractivity contribution in [2.75, 3.05) is 33.2 Å². The fourth-order valence-electron chi connectivity index (χ4n) is 2.21. The lowest BCUT2D eigenvalue weighted by Gasteiger charge is -2.30. The normalized spacial score (nSPS) is 24.2. The molecule has 0 amide bonds. The average Bonchev–Trinajstić information content (AvgIpc) is 2.16. The molecule has 2 unspecified atom stereocenters. The van der Waals surface area contributed by atoms with Crippen molar-refractivity contribution in [1.82, 2.24) is 10.2 Å². The van der Waals surface area contributed by atoms with Gasteiger partial charge in [-0.05, 0) is 38.9 Å². The number of carbonyl (C=O) groups is 1. The fraction of sp³-hybridized carbons (Fsp3) is 0.909. The van der Waals surface area contributed by atoms with Crippen molar-refractivity contribution < 1.29 is 9.90 Å². The van der Waals surface area contributed by atoms with Gasteiger partial charge >= 0.3 is 5.97 Å². The molecule has 5 heteroatoms. The number of aliphatic carboxylic acids is 1. The van der Waals surface area contributed by atoms with Crippen LogP contribution in [-0.4, -0.2) is 55.2 Å². The monoisotopic (exact) mass is 229 g/mol. The molecule has 0 aromatic heterocycles. The Morgan fingerprint density at radius 1 is 1.69 bits per heavy atom. The van der Waals surface area contributed by atoms with Crippen molar-refractivity contribution in [1.29, 1.82) is 0 Å². The standard InChI is InChI=1S/C11H23N3O2/c1-14-4-2-3-9(8-14)6-13-7-10(12)5-11(15)16/h9-10,13H,2-8,12H2,1H3,(H,15,16). The molecule has 0 aromatic rings. The SMILES string of the molecule is CN1CCCC(CNCC(N)CC(=O)O)C1. The molecule has 1 aliphatic heterocycles. The fourth-order valence-corrected chi connectivity index (χ4v) is 2.21. The van der Waals surface area contributed by atoms with Gasteiger partial charge in [0.25, 0.3) is 0 Å². The smallest absolute Gasteiger partial charge is 0.304 e. The molecule has 5 nitrogen and oxygen atoms in total. The van der Waals surface area contributed by atoms with Crippen LogP contribution in [0.5, 0.6) is 0 Å². The molecule has 0 aromatic carbocycles. The van der Waals surface area contributed by atoms with Gasteiger partial charge in [0, 0.05) is 19.1 Å². The van der Waals surface area contributed by atoms with Gasteiger partial charge in [-0.1, -0.05) is 0 Å². The zero-order valence-electron chi connectivity index (χ0n) is 9.98. The maximum absolute atomic E-state index is 10.4. The van der Waals surface area contributed by atoms with E-state index >= 15 is 0 Å². The first-order valence-corrected chi connectivity index (χ1v) is 5.94. The van der Waals surface area contributed by atoms with E-state index in [1.54, 1.807) is 0 Å². The molecule has 1 fully saturated rings. The number of likely N-dealkylation sites (tertiary alicyclic amines) is 1. The van der Waals surface area contributed by atoms with Crippen LogP contribution in [0.25, 0.3) is 0 Å². The van der Waals surface area contributed by atoms with Crippen LogP contribution >= 0.6 is 0 Å². The van der Waals surface area contributed by atoms with Crippen LogP contribution < -0.4 is 11.1 Å². The summed E-state index contributed by atoms with van der Waals surface area (Å²) in [7, 11) is 2.14. The summed E-state index contributed by atoms with van der Waals surface area (Å²) in [6.07, 6.45) is 2.55. The molecular formula is C11H23N3O2. The third kappa shape index (κ3) is 5.44. The van der Waals surface area contributed by atoms with Crippen LogP contribution in [-0.2, 0) is 4.79 Å². The summed E-state index contributed by atoms with van der Waals surface area (Å²) in [6.45, 7) is 3.85. The first-order chi connectivity index (χ1) is 7.58. The molecule has 94 valence electrons. The molecule has 0 aliphatic carbocycles. The molecule has 4 N–H and O–H groups in total. The van der Waals surface area contributed by atoms with Gasteiger partial charge in [0.1, 0.15) is 0 Å². The Balaban J connectivity index is 2.08. The Kier molecular flexibility index (Phi) is 5.73. The van der Waals surface area contributed by atoms with Gasteiger partial charge in [-0.25, -0.2) is 0 Å². The summed E-state index contributed by atoms with van der Waals surface area (Å²) in [5.74, 6) is -0.150. The van der Waals surface area contributed by atoms with E-state index in [1.165, 1.54) is 19.4 Å². The summed E-state index contributed by atoms with van der Waals surface area (Å²) >= 11 is 0. The van der Waals surface area contributed by atoms with Gasteiger partial charge in [0.15, 0.2) is 0 Å². The predicted octanol–water partition coefficient (Wildman–Crippen LogP) is -0.280. The molecule has 1 rings (SSSR count). The minimum atomic E-state index is -0.827. The van der Waals surface area contributed by atoms with Crippen LogP contribution in [0.1, 0.15) is 19.3 Å². The number of nitrogens with zero attached hydrogens (tertiary/aromatic N) is 1. The molecule has 2 atom stereocenters. The molecule has 0 bridgehead atoms. The summed E-state index contributed by atoms with van der Waals surface area (Å²) in [6, 6.07) is -0.279. The highest BCUT2D eigenvalue weighted by molar-refractivity contribution is 5.67. The number of carboxylic acid groups (broad SMARTS) is 1. The summed E-state index contributed by atoms with van der Waals surface area (Å²) in [5, 5.41) is 11.8. The largest absolute Gasteiger partial charge is 0.481 e. The maximum Gasteiger partial charge on any atom is 0.304 e. The number of nitrogens with two attached hydrogens (primary N) is 1. The highest BCUT2D eigenvalue weighted by Gasteiger charge is 2.17. The topological polar surface area (TPSA) is 78.6 Å². The van der Waals surface area contributed by atoms with Gasteiger partial charge in [-0.2, -0.15) is 0 Å². The van der Waals surface area contributed by atoms with E-state index in [0.29, 0.717) is 12.5 Å². The van der Waals surface area contributed by atoms with Crippen molar-refractivity contribution in [2.45, 2.75) is 25.3 Å². The van der Waals surface area contributed by atoms with E-state index in [-0.39, 0.29) is 12.5 Å². The third-order valence-electron chi connectivity index (χ3n) is 3.00. The van der Waals surface area contributed by atoms with Crippen LogP contribution in [0.15, 0.2) is 0 Å². The molecule has 1 aliphatic rings. The van der Waals surface area contributed by atoms with Crippen molar-refractivity contribution in [3.63, 3.8) is 0 Å². The summed E-state index contributed by atoms with van der Waals surface area (Å²) < 4.78 is 0. The minimum Gasteiger partial charge on any atom is -0.481 e. The van der Waals surface area contributed by atoms with E-state index < -0.39 is 5.97 Å². The molecule has 1 heterocycles. The van der Waals surface area contributed by atoms with Crippen molar-refractivity contribution in [3.8, 4) is 0 Å². The second-order valence-electron chi connectivity index (χ2n) is 4.79. The number of nitrogens with one attached hydrogen (secondary N) is 1. The van der Waals surface area contributed by atoms with Crippen molar-refractivity contribution >= 4 is 5.97 Å². The van der Waals surface area contributed by atoms with E-state index in [9.17, 15) is 4.79 Å². The Labute approximate surface area is 97.0 Å². The summed E-state index contributed by atoms with van der Waals surface area (Å²) in [5.41, 5.74) is 5.66. The molecule has 0 radical (unpaired) electrons. The number of hydrogen-bond acceptors (Lipinski definition) is 4. The second kappa shape index (κ2) is 6.83. The zero-order valence-corrected chi connectivity index (χ0v) is 9.98. The maximum atomic E-state index is 10.4. The van der Waals surface area contributed by atoms with Gasteiger partial charge in [-0.3, -0.25) is 4.79 Å². The van der Waals surface area contributed by atoms with Gasteiger partial charge < -0.3 is 21.1 Å². The zero-order chi connectivity index (χ0) is 12.0. The van der Waals surface area contributed by atoms with E-state index in [0.717, 1.165) is 13.1 Å². The van der Waals surface area contributed by atoms with E-state index in [1.807, 2.05) is 0 Å². The van der Waals surface area contributed by atoms with E-state index in [2.05, 4.69) is 17.3 Å². The first-order valence-electron chi connectivity index (χ1n) is 5.94. The average molecular weight is 229 g/mol. The predicted molar refractivity (Wildman–Crippen MR) is 63.3 cm³/mol. The lowest BCUT2D eigenvalue weighted by atomic mass is 9.98. The van der Waals surface area contributed by atoms with Crippen LogP contribution in [0.4, 0.5) is 0 Å². The molecule has 0 spiro atoms. The Bertz CT molecular complexity index is 223. The first kappa shape index (κ1) is 13.4. The molecule has 16 heavy (non-hydrogen) atoms. The minimum absolute atomic E-state index is 0.0393. The number of carboxylic acids is 1. The number of rotatable bonds is 6. The van der Waals surface area contributed by atoms with Gasteiger partial charge in [-0.15, -0.1) is 0 Å². The molecule has 1 saturated heterocycles. The summed E-state index contributed by atoms with van der Waals surface area (Å²) in [4.78, 5) is 12.7. The van der Waals surface area contributed by atoms with Gasteiger partial charge in [0.05, 0.1) is 6.42 Å². The lowest BCUT2D eigenvalue weighted by Crippen LogP contribution is -2.41. The van der Waals surface area contributed by atoms with Gasteiger partial charge in [0.2, 0.25) is 0 Å². The van der Waals surface area contributed by atoms with Crippen LogP contribution in [0, 0.1) is 5.92 Å². The Hall–Kier alpha value is -0.650. The number of piperidine rings is 1. The quantitative estimate of drug-likeness (QED) is 0.584. The van der Waals surface area contributed by atoms with Crippen molar-refractivity contribution in [2.24, 2.45) is 11.7 Å². The Morgan fingerprint density at radius 2 is 2.44 bits per heavy atom. The second-order valence-corrected chi connectivity index (χ2v) is 4.79.